The molecule has 0 aromatic carbocycles. The lowest BCUT2D eigenvalue weighted by molar-refractivity contribution is 0.578. The standard InChI is InChI=1S/C13H18N4/c1-10-6-12(14-8-11-4-2-3-5-11)17-13(7-10)15-9-16-17/h6-7,9,11,14H,2-5,8H2,1H3. The van der Waals surface area contributed by atoms with Gasteiger partial charge in [-0.15, -0.1) is 0 Å². The van der Waals surface area contributed by atoms with Crippen LogP contribution in [0.1, 0.15) is 31.2 Å². The first-order valence-corrected chi connectivity index (χ1v) is 6.37. The van der Waals surface area contributed by atoms with Gasteiger partial charge in [0.25, 0.3) is 0 Å². The van der Waals surface area contributed by atoms with Crippen molar-refractivity contribution in [2.45, 2.75) is 32.6 Å². The third-order valence-corrected chi connectivity index (χ3v) is 3.57. The average Bonchev–Trinajstić information content (AvgIpc) is 2.95. The second kappa shape index (κ2) is 4.35. The van der Waals surface area contributed by atoms with E-state index in [1.54, 1.807) is 6.33 Å². The largest absolute Gasteiger partial charge is 0.370 e. The van der Waals surface area contributed by atoms with Crippen LogP contribution in [0.2, 0.25) is 0 Å². The smallest absolute Gasteiger partial charge is 0.157 e. The van der Waals surface area contributed by atoms with Crippen LogP contribution < -0.4 is 5.32 Å². The van der Waals surface area contributed by atoms with E-state index < -0.39 is 0 Å². The number of fused-ring (bicyclic) bond motifs is 1. The molecule has 2 aromatic heterocycles. The van der Waals surface area contributed by atoms with Crippen molar-refractivity contribution < 1.29 is 0 Å². The SMILES string of the molecule is Cc1cc(NCC2CCCC2)n2ncnc2c1. The molecule has 2 heterocycles. The second-order valence-electron chi connectivity index (χ2n) is 4.98. The van der Waals surface area contributed by atoms with Crippen LogP contribution in [0.4, 0.5) is 5.82 Å². The summed E-state index contributed by atoms with van der Waals surface area (Å²) in [5.74, 6) is 1.89. The average molecular weight is 230 g/mol. The minimum Gasteiger partial charge on any atom is -0.370 e. The van der Waals surface area contributed by atoms with E-state index in [1.165, 1.54) is 31.2 Å². The third kappa shape index (κ3) is 2.12. The van der Waals surface area contributed by atoms with E-state index in [9.17, 15) is 0 Å². The Hall–Kier alpha value is -1.58. The lowest BCUT2D eigenvalue weighted by Crippen LogP contribution is -2.13. The fourth-order valence-corrected chi connectivity index (χ4v) is 2.65. The molecule has 3 rings (SSSR count). The maximum Gasteiger partial charge on any atom is 0.157 e. The predicted molar refractivity (Wildman–Crippen MR) is 68.2 cm³/mol. The van der Waals surface area contributed by atoms with Crippen LogP contribution in [0, 0.1) is 12.8 Å². The summed E-state index contributed by atoms with van der Waals surface area (Å²) in [4.78, 5) is 4.23. The molecular weight excluding hydrogens is 212 g/mol. The van der Waals surface area contributed by atoms with Crippen molar-refractivity contribution in [3.05, 3.63) is 24.0 Å². The molecule has 0 amide bonds. The molecule has 1 aliphatic carbocycles. The van der Waals surface area contributed by atoms with Crippen LogP contribution in [0.5, 0.6) is 0 Å². The molecule has 1 saturated carbocycles. The van der Waals surface area contributed by atoms with Crippen molar-refractivity contribution in [1.82, 2.24) is 14.6 Å². The quantitative estimate of drug-likeness (QED) is 0.881. The molecule has 1 fully saturated rings. The van der Waals surface area contributed by atoms with Crippen molar-refractivity contribution in [1.29, 1.82) is 0 Å². The molecule has 4 nitrogen and oxygen atoms in total. The number of aromatic nitrogens is 3. The summed E-state index contributed by atoms with van der Waals surface area (Å²) in [6, 6.07) is 4.18. The van der Waals surface area contributed by atoms with Crippen molar-refractivity contribution in [3.8, 4) is 0 Å². The number of nitrogens with zero attached hydrogens (tertiary/aromatic N) is 3. The summed E-state index contributed by atoms with van der Waals surface area (Å²) in [6.07, 6.45) is 7.10. The van der Waals surface area contributed by atoms with Gasteiger partial charge < -0.3 is 5.32 Å². The fraction of sp³-hybridized carbons (Fsp3) is 0.538. The van der Waals surface area contributed by atoms with Gasteiger partial charge in [-0.3, -0.25) is 0 Å². The van der Waals surface area contributed by atoms with Crippen molar-refractivity contribution in [2.75, 3.05) is 11.9 Å². The summed E-state index contributed by atoms with van der Waals surface area (Å²) in [6.45, 7) is 3.15. The Balaban J connectivity index is 1.81. The zero-order valence-electron chi connectivity index (χ0n) is 10.2. The zero-order valence-corrected chi connectivity index (χ0v) is 10.2. The second-order valence-corrected chi connectivity index (χ2v) is 4.98. The number of pyridine rings is 1. The highest BCUT2D eigenvalue weighted by Gasteiger charge is 2.15. The molecule has 1 aliphatic rings. The van der Waals surface area contributed by atoms with E-state index in [1.807, 2.05) is 10.6 Å². The van der Waals surface area contributed by atoms with E-state index in [0.717, 1.165) is 23.9 Å². The van der Waals surface area contributed by atoms with Crippen LogP contribution in [0.25, 0.3) is 5.65 Å². The molecule has 0 aliphatic heterocycles. The maximum absolute atomic E-state index is 4.25. The highest BCUT2D eigenvalue weighted by atomic mass is 15.3. The van der Waals surface area contributed by atoms with Crippen molar-refractivity contribution >= 4 is 11.5 Å². The van der Waals surface area contributed by atoms with Gasteiger partial charge in [0.15, 0.2) is 5.65 Å². The molecule has 0 unspecified atom stereocenters. The highest BCUT2D eigenvalue weighted by Crippen LogP contribution is 2.25. The van der Waals surface area contributed by atoms with Gasteiger partial charge in [0.1, 0.15) is 12.1 Å². The van der Waals surface area contributed by atoms with Gasteiger partial charge in [-0.1, -0.05) is 12.8 Å². The van der Waals surface area contributed by atoms with E-state index in [2.05, 4.69) is 28.4 Å². The molecule has 90 valence electrons. The van der Waals surface area contributed by atoms with Crippen LogP contribution in [-0.4, -0.2) is 21.1 Å². The Labute approximate surface area is 101 Å². The first-order chi connectivity index (χ1) is 8.33. The van der Waals surface area contributed by atoms with E-state index >= 15 is 0 Å². The van der Waals surface area contributed by atoms with Crippen LogP contribution in [0.15, 0.2) is 18.5 Å². The van der Waals surface area contributed by atoms with Crippen LogP contribution in [0.3, 0.4) is 0 Å². The Bertz CT molecular complexity index is 511. The topological polar surface area (TPSA) is 42.2 Å². The highest BCUT2D eigenvalue weighted by molar-refractivity contribution is 5.51. The lowest BCUT2D eigenvalue weighted by Gasteiger charge is -2.13. The molecule has 0 spiro atoms. The van der Waals surface area contributed by atoms with Crippen LogP contribution >= 0.6 is 0 Å². The first kappa shape index (κ1) is 10.6. The van der Waals surface area contributed by atoms with Gasteiger partial charge in [-0.05, 0) is 43.4 Å². The number of aryl methyl sites for hydroxylation is 1. The Kier molecular flexibility index (Phi) is 2.71. The van der Waals surface area contributed by atoms with Gasteiger partial charge in [-0.2, -0.15) is 9.61 Å². The molecule has 4 heteroatoms. The molecule has 0 saturated heterocycles. The molecule has 17 heavy (non-hydrogen) atoms. The maximum atomic E-state index is 4.25. The van der Waals surface area contributed by atoms with Gasteiger partial charge >= 0.3 is 0 Å². The Morgan fingerprint density at radius 3 is 3.00 bits per heavy atom. The monoisotopic (exact) mass is 230 g/mol. The minimum absolute atomic E-state index is 0.828. The molecular formula is C13H18N4. The summed E-state index contributed by atoms with van der Waals surface area (Å²) in [5.41, 5.74) is 2.14. The van der Waals surface area contributed by atoms with E-state index in [4.69, 9.17) is 0 Å². The number of hydrogen-bond acceptors (Lipinski definition) is 3. The van der Waals surface area contributed by atoms with Gasteiger partial charge in [0, 0.05) is 6.54 Å². The van der Waals surface area contributed by atoms with Crippen molar-refractivity contribution in [2.24, 2.45) is 5.92 Å². The predicted octanol–water partition coefficient (Wildman–Crippen LogP) is 2.64. The van der Waals surface area contributed by atoms with Crippen LogP contribution in [-0.2, 0) is 0 Å². The third-order valence-electron chi connectivity index (χ3n) is 3.57. The lowest BCUT2D eigenvalue weighted by atomic mass is 10.1. The minimum atomic E-state index is 0.828. The summed E-state index contributed by atoms with van der Waals surface area (Å²) in [7, 11) is 0. The molecule has 1 N–H and O–H groups in total. The summed E-state index contributed by atoms with van der Waals surface area (Å²) >= 11 is 0. The normalized spacial score (nSPS) is 16.8. The Morgan fingerprint density at radius 1 is 1.35 bits per heavy atom. The first-order valence-electron chi connectivity index (χ1n) is 6.37. The molecule has 0 atom stereocenters. The van der Waals surface area contributed by atoms with Gasteiger partial charge in [-0.25, -0.2) is 4.98 Å². The number of anilines is 1. The summed E-state index contributed by atoms with van der Waals surface area (Å²) < 4.78 is 1.88. The zero-order chi connectivity index (χ0) is 11.7. The van der Waals surface area contributed by atoms with Crippen molar-refractivity contribution in [3.63, 3.8) is 0 Å². The van der Waals surface area contributed by atoms with Gasteiger partial charge in [0.2, 0.25) is 0 Å². The van der Waals surface area contributed by atoms with Gasteiger partial charge in [0.05, 0.1) is 0 Å². The Morgan fingerprint density at radius 2 is 2.18 bits per heavy atom. The van der Waals surface area contributed by atoms with E-state index in [-0.39, 0.29) is 0 Å². The molecule has 0 bridgehead atoms. The summed E-state index contributed by atoms with van der Waals surface area (Å²) in [5, 5.41) is 7.77. The number of rotatable bonds is 3. The number of nitrogens with one attached hydrogen (secondary N) is 1. The molecule has 0 radical (unpaired) electrons. The fourth-order valence-electron chi connectivity index (χ4n) is 2.65. The molecule has 2 aromatic rings. The van der Waals surface area contributed by atoms with E-state index in [0.29, 0.717) is 0 Å². The number of hydrogen-bond donors (Lipinski definition) is 1.